The standard InChI is InChI=1S/C25H31NO4/c1-25(2,28)17-30-24-12-7-19-16-20(27)8-11-22(19)23(24)15-18-5-9-21(10-6-18)29-14-13-26(3)4/h5-12,16,27-28H,13-15,17H2,1-4H3. The topological polar surface area (TPSA) is 62.2 Å². The number of benzene rings is 3. The highest BCUT2D eigenvalue weighted by molar-refractivity contribution is 5.89. The van der Waals surface area contributed by atoms with Crippen LogP contribution >= 0.6 is 0 Å². The molecule has 3 aromatic rings. The van der Waals surface area contributed by atoms with Gasteiger partial charge in [0.1, 0.15) is 30.5 Å². The van der Waals surface area contributed by atoms with Crippen LogP contribution in [0.15, 0.2) is 54.6 Å². The third-order valence-corrected chi connectivity index (χ3v) is 4.76. The van der Waals surface area contributed by atoms with Gasteiger partial charge in [-0.25, -0.2) is 0 Å². The normalized spacial score (nSPS) is 11.8. The maximum Gasteiger partial charge on any atom is 0.123 e. The zero-order valence-electron chi connectivity index (χ0n) is 18.2. The van der Waals surface area contributed by atoms with Gasteiger partial charge in [0.25, 0.3) is 0 Å². The van der Waals surface area contributed by atoms with Gasteiger partial charge in [-0.05, 0) is 74.6 Å². The minimum Gasteiger partial charge on any atom is -0.508 e. The fraction of sp³-hybridized carbons (Fsp3) is 0.360. The summed E-state index contributed by atoms with van der Waals surface area (Å²) in [5, 5.41) is 21.9. The Bertz CT molecular complexity index is 975. The molecule has 5 heteroatoms. The Balaban J connectivity index is 1.85. The highest BCUT2D eigenvalue weighted by Gasteiger charge is 2.16. The Labute approximate surface area is 178 Å². The summed E-state index contributed by atoms with van der Waals surface area (Å²) in [7, 11) is 4.04. The Morgan fingerprint density at radius 1 is 0.933 bits per heavy atom. The van der Waals surface area contributed by atoms with Crippen LogP contribution in [0.25, 0.3) is 10.8 Å². The van der Waals surface area contributed by atoms with Crippen molar-refractivity contribution >= 4 is 10.8 Å². The van der Waals surface area contributed by atoms with Gasteiger partial charge in [-0.15, -0.1) is 0 Å². The second-order valence-corrected chi connectivity index (χ2v) is 8.52. The van der Waals surface area contributed by atoms with Gasteiger partial charge in [-0.3, -0.25) is 0 Å². The van der Waals surface area contributed by atoms with Gasteiger partial charge in [0.05, 0.1) is 5.60 Å². The number of phenolic OH excluding ortho intramolecular Hbond substituents is 1. The van der Waals surface area contributed by atoms with Gasteiger partial charge in [-0.1, -0.05) is 24.3 Å². The number of hydrogen-bond donors (Lipinski definition) is 2. The highest BCUT2D eigenvalue weighted by Crippen LogP contribution is 2.33. The molecule has 0 heterocycles. The van der Waals surface area contributed by atoms with Crippen LogP contribution in [0.1, 0.15) is 25.0 Å². The lowest BCUT2D eigenvalue weighted by Gasteiger charge is -2.20. The van der Waals surface area contributed by atoms with Crippen LogP contribution in [0.2, 0.25) is 0 Å². The van der Waals surface area contributed by atoms with Gasteiger partial charge >= 0.3 is 0 Å². The Morgan fingerprint density at radius 2 is 1.67 bits per heavy atom. The molecule has 0 fully saturated rings. The van der Waals surface area contributed by atoms with Gasteiger partial charge in [0, 0.05) is 18.5 Å². The van der Waals surface area contributed by atoms with Crippen molar-refractivity contribution in [3.63, 3.8) is 0 Å². The van der Waals surface area contributed by atoms with E-state index in [1.165, 1.54) is 0 Å². The smallest absolute Gasteiger partial charge is 0.123 e. The summed E-state index contributed by atoms with van der Waals surface area (Å²) in [6, 6.07) is 17.3. The molecule has 0 saturated carbocycles. The first-order valence-corrected chi connectivity index (χ1v) is 10.2. The third-order valence-electron chi connectivity index (χ3n) is 4.76. The number of aromatic hydroxyl groups is 1. The molecule has 5 nitrogen and oxygen atoms in total. The Kier molecular flexibility index (Phi) is 6.85. The number of nitrogens with zero attached hydrogens (tertiary/aromatic N) is 1. The second kappa shape index (κ2) is 9.37. The van der Waals surface area contributed by atoms with E-state index in [1.54, 1.807) is 26.0 Å². The van der Waals surface area contributed by atoms with Crippen molar-refractivity contribution in [3.05, 3.63) is 65.7 Å². The first kappa shape index (κ1) is 21.9. The first-order valence-electron chi connectivity index (χ1n) is 10.2. The van der Waals surface area contributed by atoms with Crippen LogP contribution in [-0.2, 0) is 6.42 Å². The molecule has 2 N–H and O–H groups in total. The maximum atomic E-state index is 10.1. The summed E-state index contributed by atoms with van der Waals surface area (Å²) in [5.41, 5.74) is 1.23. The van der Waals surface area contributed by atoms with Gasteiger partial charge in [0.2, 0.25) is 0 Å². The average molecular weight is 410 g/mol. The predicted octanol–water partition coefficient (Wildman–Crippen LogP) is 4.23. The fourth-order valence-corrected chi connectivity index (χ4v) is 3.19. The molecule has 3 aromatic carbocycles. The van der Waals surface area contributed by atoms with E-state index >= 15 is 0 Å². The van der Waals surface area contributed by atoms with E-state index in [2.05, 4.69) is 17.0 Å². The van der Waals surface area contributed by atoms with E-state index in [1.807, 2.05) is 44.4 Å². The number of rotatable bonds is 9. The molecule has 30 heavy (non-hydrogen) atoms. The van der Waals surface area contributed by atoms with E-state index in [0.717, 1.165) is 39.9 Å². The van der Waals surface area contributed by atoms with Gasteiger partial charge < -0.3 is 24.6 Å². The van der Waals surface area contributed by atoms with Crippen molar-refractivity contribution in [2.45, 2.75) is 25.9 Å². The van der Waals surface area contributed by atoms with Crippen molar-refractivity contribution in [2.24, 2.45) is 0 Å². The summed E-state index contributed by atoms with van der Waals surface area (Å²) in [6.07, 6.45) is 0.668. The molecule has 160 valence electrons. The van der Waals surface area contributed by atoms with Crippen molar-refractivity contribution in [1.82, 2.24) is 4.90 Å². The molecule has 0 atom stereocenters. The van der Waals surface area contributed by atoms with Crippen LogP contribution in [0, 0.1) is 0 Å². The van der Waals surface area contributed by atoms with Crippen LogP contribution in [0.5, 0.6) is 17.2 Å². The summed E-state index contributed by atoms with van der Waals surface area (Å²) >= 11 is 0. The first-order chi connectivity index (χ1) is 14.2. The molecule has 0 aliphatic heterocycles. The summed E-state index contributed by atoms with van der Waals surface area (Å²) in [6.45, 7) is 5.16. The average Bonchev–Trinajstić information content (AvgIpc) is 2.67. The van der Waals surface area contributed by atoms with Crippen molar-refractivity contribution in [2.75, 3.05) is 33.9 Å². The molecule has 0 unspecified atom stereocenters. The summed E-state index contributed by atoms with van der Waals surface area (Å²) in [5.74, 6) is 1.82. The zero-order valence-corrected chi connectivity index (χ0v) is 18.2. The molecule has 0 saturated heterocycles. The van der Waals surface area contributed by atoms with Gasteiger partial charge in [-0.2, -0.15) is 0 Å². The quantitative estimate of drug-likeness (QED) is 0.554. The number of hydrogen-bond acceptors (Lipinski definition) is 5. The zero-order chi connectivity index (χ0) is 21.7. The van der Waals surface area contributed by atoms with Gasteiger partial charge in [0.15, 0.2) is 0 Å². The van der Waals surface area contributed by atoms with Crippen molar-refractivity contribution in [1.29, 1.82) is 0 Å². The number of aliphatic hydroxyl groups is 1. The highest BCUT2D eigenvalue weighted by atomic mass is 16.5. The summed E-state index contributed by atoms with van der Waals surface area (Å²) < 4.78 is 11.8. The molecule has 3 rings (SSSR count). The third kappa shape index (κ3) is 6.12. The van der Waals surface area contributed by atoms with Crippen LogP contribution in [-0.4, -0.2) is 54.6 Å². The minimum absolute atomic E-state index is 0.197. The molecule has 0 aliphatic rings. The van der Waals surface area contributed by atoms with Crippen molar-refractivity contribution in [3.8, 4) is 17.2 Å². The lowest BCUT2D eigenvalue weighted by Crippen LogP contribution is -2.28. The molecular formula is C25H31NO4. The Hall–Kier alpha value is -2.76. The number of ether oxygens (including phenoxy) is 2. The minimum atomic E-state index is -0.924. The van der Waals surface area contributed by atoms with Crippen LogP contribution in [0.3, 0.4) is 0 Å². The van der Waals surface area contributed by atoms with E-state index in [9.17, 15) is 10.2 Å². The lowest BCUT2D eigenvalue weighted by atomic mass is 9.97. The number of phenols is 1. The van der Waals surface area contributed by atoms with Crippen LogP contribution in [0.4, 0.5) is 0 Å². The molecule has 0 aromatic heterocycles. The van der Waals surface area contributed by atoms with Crippen molar-refractivity contribution < 1.29 is 19.7 Å². The fourth-order valence-electron chi connectivity index (χ4n) is 3.19. The SMILES string of the molecule is CN(C)CCOc1ccc(Cc2c(OCC(C)(C)O)ccc3cc(O)ccc23)cc1. The second-order valence-electron chi connectivity index (χ2n) is 8.52. The summed E-state index contributed by atoms with van der Waals surface area (Å²) in [4.78, 5) is 2.09. The monoisotopic (exact) mass is 409 g/mol. The van der Waals surface area contributed by atoms with E-state index < -0.39 is 5.60 Å². The van der Waals surface area contributed by atoms with E-state index in [0.29, 0.717) is 13.0 Å². The molecule has 0 bridgehead atoms. The number of fused-ring (bicyclic) bond motifs is 1. The molecule has 0 amide bonds. The van der Waals surface area contributed by atoms with Crippen LogP contribution < -0.4 is 9.47 Å². The predicted molar refractivity (Wildman–Crippen MR) is 121 cm³/mol. The largest absolute Gasteiger partial charge is 0.508 e. The Morgan fingerprint density at radius 3 is 2.33 bits per heavy atom. The molecule has 0 aliphatic carbocycles. The maximum absolute atomic E-state index is 10.1. The molecule has 0 spiro atoms. The molecular weight excluding hydrogens is 378 g/mol. The lowest BCUT2D eigenvalue weighted by molar-refractivity contribution is 0.0282. The number of likely N-dealkylation sites (N-methyl/N-ethyl adjacent to an activating group) is 1. The van der Waals surface area contributed by atoms with E-state index in [4.69, 9.17) is 9.47 Å². The molecule has 0 radical (unpaired) electrons. The van der Waals surface area contributed by atoms with E-state index in [-0.39, 0.29) is 12.4 Å².